The van der Waals surface area contributed by atoms with Crippen LogP contribution in [0.4, 0.5) is 0 Å². The van der Waals surface area contributed by atoms with Crippen molar-refractivity contribution in [2.75, 3.05) is 13.1 Å². The van der Waals surface area contributed by atoms with Crippen LogP contribution in [0.15, 0.2) is 65.9 Å². The molecule has 4 heteroatoms. The molecule has 0 bridgehead atoms. The lowest BCUT2D eigenvalue weighted by molar-refractivity contribution is -0.133. The number of aryl methyl sites for hydroxylation is 2. The minimum Gasteiger partial charge on any atom is -0.342 e. The van der Waals surface area contributed by atoms with Crippen molar-refractivity contribution in [2.24, 2.45) is 11.8 Å². The summed E-state index contributed by atoms with van der Waals surface area (Å²) in [5.74, 6) is 1.91. The molecule has 4 nitrogen and oxygen atoms in total. The average molecular weight is 546 g/mol. The van der Waals surface area contributed by atoms with E-state index < -0.39 is 0 Å². The summed E-state index contributed by atoms with van der Waals surface area (Å²) in [7, 11) is 0. The number of carbonyl (C=O) groups is 1. The molecule has 2 aromatic carbocycles. The minimum absolute atomic E-state index is 0.340. The highest BCUT2D eigenvalue weighted by Gasteiger charge is 2.35. The van der Waals surface area contributed by atoms with Crippen LogP contribution in [0, 0.1) is 32.6 Å². The number of carbonyl (C=O) groups excluding carboxylic acids is 1. The minimum atomic E-state index is 0.340. The van der Waals surface area contributed by atoms with Crippen LogP contribution in [-0.2, 0) is 11.2 Å². The number of rotatable bonds is 6. The number of allylic oxidation sites excluding steroid dienone is 4. The molecule has 41 heavy (non-hydrogen) atoms. The largest absolute Gasteiger partial charge is 0.342 e. The zero-order chi connectivity index (χ0) is 28.1. The molecule has 4 aliphatic rings. The van der Waals surface area contributed by atoms with Gasteiger partial charge in [-0.25, -0.2) is 4.68 Å². The summed E-state index contributed by atoms with van der Waals surface area (Å²) in [5.41, 5.74) is 14.1. The van der Waals surface area contributed by atoms with E-state index in [0.717, 1.165) is 63.7 Å². The Labute approximate surface area is 245 Å². The number of hydrogen-bond acceptors (Lipinski definition) is 2. The summed E-state index contributed by atoms with van der Waals surface area (Å²) in [6, 6.07) is 16.3. The monoisotopic (exact) mass is 545 g/mol. The van der Waals surface area contributed by atoms with Gasteiger partial charge in [-0.1, -0.05) is 36.4 Å². The molecular weight excluding hydrogens is 502 g/mol. The predicted octanol–water partition coefficient (Wildman–Crippen LogP) is 8.04. The van der Waals surface area contributed by atoms with Gasteiger partial charge < -0.3 is 4.90 Å². The molecule has 212 valence electrons. The van der Waals surface area contributed by atoms with Gasteiger partial charge in [0.2, 0.25) is 5.91 Å². The van der Waals surface area contributed by atoms with Crippen LogP contribution in [0.2, 0.25) is 0 Å². The Hall–Kier alpha value is -3.40. The van der Waals surface area contributed by atoms with Gasteiger partial charge in [0.15, 0.2) is 0 Å². The van der Waals surface area contributed by atoms with Gasteiger partial charge in [-0.05, 0) is 147 Å². The lowest BCUT2D eigenvalue weighted by Gasteiger charge is -2.32. The van der Waals surface area contributed by atoms with E-state index in [2.05, 4.69) is 84.0 Å². The van der Waals surface area contributed by atoms with Gasteiger partial charge in [0.25, 0.3) is 0 Å². The molecule has 3 aromatic rings. The second kappa shape index (κ2) is 10.8. The van der Waals surface area contributed by atoms with E-state index in [-0.39, 0.29) is 0 Å². The van der Waals surface area contributed by atoms with Crippen molar-refractivity contribution in [3.63, 3.8) is 0 Å². The van der Waals surface area contributed by atoms with Crippen LogP contribution in [0.25, 0.3) is 11.3 Å². The van der Waals surface area contributed by atoms with Gasteiger partial charge in [-0.2, -0.15) is 5.10 Å². The third-order valence-corrected chi connectivity index (χ3v) is 10.4. The molecule has 1 amide bonds. The summed E-state index contributed by atoms with van der Waals surface area (Å²) in [6.07, 6.45) is 14.7. The molecule has 1 atom stereocenters. The van der Waals surface area contributed by atoms with Crippen molar-refractivity contribution < 1.29 is 4.79 Å². The van der Waals surface area contributed by atoms with Gasteiger partial charge >= 0.3 is 0 Å². The van der Waals surface area contributed by atoms with Crippen LogP contribution >= 0.6 is 0 Å². The van der Waals surface area contributed by atoms with Crippen LogP contribution in [-0.4, -0.2) is 33.7 Å². The molecule has 2 saturated carbocycles. The second-order valence-corrected chi connectivity index (χ2v) is 13.0. The van der Waals surface area contributed by atoms with Crippen LogP contribution < -0.4 is 0 Å². The first kappa shape index (κ1) is 26.5. The number of piperidine rings is 1. The van der Waals surface area contributed by atoms with Crippen molar-refractivity contribution in [3.05, 3.63) is 99.4 Å². The molecule has 0 spiro atoms. The van der Waals surface area contributed by atoms with E-state index in [9.17, 15) is 4.79 Å². The highest BCUT2D eigenvalue weighted by molar-refractivity contribution is 5.81. The summed E-state index contributed by atoms with van der Waals surface area (Å²) in [6.45, 7) is 8.44. The van der Waals surface area contributed by atoms with Crippen LogP contribution in [0.5, 0.6) is 0 Å². The molecule has 1 aliphatic heterocycles. The number of hydrogen-bond donors (Lipinski definition) is 0. The third-order valence-electron chi connectivity index (χ3n) is 10.4. The SMILES string of the molecule is Cc1cc(C2CCN(C(=O)C3CC3)CC2)ccc1CC1CCC2=CCCC(c3cccc(-n4ncc(C)c4C)c3)=C21. The van der Waals surface area contributed by atoms with E-state index >= 15 is 0 Å². The predicted molar refractivity (Wildman–Crippen MR) is 166 cm³/mol. The Morgan fingerprint density at radius 2 is 1.76 bits per heavy atom. The molecule has 7 rings (SSSR count). The quantitative estimate of drug-likeness (QED) is 0.314. The fourth-order valence-corrected chi connectivity index (χ4v) is 7.62. The Bertz CT molecular complexity index is 1540. The summed E-state index contributed by atoms with van der Waals surface area (Å²) < 4.78 is 2.08. The number of likely N-dealkylation sites (tertiary alicyclic amines) is 1. The standard InChI is InChI=1S/C37H43N3O/c1-24-20-31(27-16-18-39(19-17-27)37(41)29-11-12-29)14-13-30(24)21-33-15-10-28-6-5-9-35(36(28)33)32-7-4-8-34(22-32)40-26(3)25(2)23-38-40/h4,6-8,13-14,20,22-23,27,29,33H,5,9-12,15-19,21H2,1-3H3. The van der Waals surface area contributed by atoms with E-state index in [0.29, 0.717) is 23.7 Å². The molecule has 2 heterocycles. The van der Waals surface area contributed by atoms with Crippen molar-refractivity contribution in [2.45, 2.75) is 84.5 Å². The topological polar surface area (TPSA) is 38.1 Å². The van der Waals surface area contributed by atoms with E-state index in [1.165, 1.54) is 46.4 Å². The van der Waals surface area contributed by atoms with E-state index in [1.807, 2.05) is 6.20 Å². The highest BCUT2D eigenvalue weighted by atomic mass is 16.2. The summed E-state index contributed by atoms with van der Waals surface area (Å²) >= 11 is 0. The Morgan fingerprint density at radius 1 is 0.927 bits per heavy atom. The molecule has 1 aromatic heterocycles. The Morgan fingerprint density at radius 3 is 2.49 bits per heavy atom. The number of amides is 1. The van der Waals surface area contributed by atoms with Gasteiger partial charge in [-0.3, -0.25) is 4.79 Å². The van der Waals surface area contributed by atoms with Gasteiger partial charge in [-0.15, -0.1) is 0 Å². The molecular formula is C37H43N3O. The molecule has 3 fully saturated rings. The van der Waals surface area contributed by atoms with E-state index in [1.54, 1.807) is 16.7 Å². The first-order chi connectivity index (χ1) is 20.0. The van der Waals surface area contributed by atoms with Crippen molar-refractivity contribution in [1.29, 1.82) is 0 Å². The van der Waals surface area contributed by atoms with E-state index in [4.69, 9.17) is 0 Å². The maximum Gasteiger partial charge on any atom is 0.225 e. The third kappa shape index (κ3) is 5.11. The van der Waals surface area contributed by atoms with Crippen molar-refractivity contribution >= 4 is 11.5 Å². The smallest absolute Gasteiger partial charge is 0.225 e. The molecule has 3 aliphatic carbocycles. The lowest BCUT2D eigenvalue weighted by atomic mass is 9.81. The number of nitrogens with zero attached hydrogens (tertiary/aromatic N) is 3. The summed E-state index contributed by atoms with van der Waals surface area (Å²) in [4.78, 5) is 14.6. The first-order valence-electron chi connectivity index (χ1n) is 15.9. The van der Waals surface area contributed by atoms with Crippen molar-refractivity contribution in [1.82, 2.24) is 14.7 Å². The average Bonchev–Trinajstić information content (AvgIpc) is 3.69. The summed E-state index contributed by atoms with van der Waals surface area (Å²) in [5, 5.41) is 4.65. The normalized spacial score (nSPS) is 21.3. The Kier molecular flexibility index (Phi) is 6.97. The zero-order valence-corrected chi connectivity index (χ0v) is 25.0. The fourth-order valence-electron chi connectivity index (χ4n) is 7.62. The first-order valence-corrected chi connectivity index (χ1v) is 15.9. The Balaban J connectivity index is 1.10. The number of aromatic nitrogens is 2. The van der Waals surface area contributed by atoms with Crippen LogP contribution in [0.1, 0.15) is 90.8 Å². The highest BCUT2D eigenvalue weighted by Crippen LogP contribution is 2.47. The molecule has 0 radical (unpaired) electrons. The fraction of sp³-hybridized carbons (Fsp3) is 0.459. The van der Waals surface area contributed by atoms with Gasteiger partial charge in [0, 0.05) is 24.7 Å². The molecule has 1 unspecified atom stereocenters. The van der Waals surface area contributed by atoms with Crippen LogP contribution in [0.3, 0.4) is 0 Å². The molecule has 0 N–H and O–H groups in total. The zero-order valence-electron chi connectivity index (χ0n) is 25.0. The van der Waals surface area contributed by atoms with Gasteiger partial charge in [0.1, 0.15) is 0 Å². The number of fused-ring (bicyclic) bond motifs is 1. The van der Waals surface area contributed by atoms with Gasteiger partial charge in [0.05, 0.1) is 11.9 Å². The second-order valence-electron chi connectivity index (χ2n) is 13.0. The maximum atomic E-state index is 12.5. The number of benzene rings is 2. The lowest BCUT2D eigenvalue weighted by Crippen LogP contribution is -2.38. The molecule has 1 saturated heterocycles. The maximum absolute atomic E-state index is 12.5. The van der Waals surface area contributed by atoms with Crippen molar-refractivity contribution in [3.8, 4) is 5.69 Å².